The largest absolute Gasteiger partial charge is 0.494 e. The van der Waals surface area contributed by atoms with Gasteiger partial charge in [-0.2, -0.15) is 0 Å². The van der Waals surface area contributed by atoms with E-state index in [4.69, 9.17) is 4.74 Å². The summed E-state index contributed by atoms with van der Waals surface area (Å²) in [4.78, 5) is 4.61. The SMILES string of the molecule is CCc1ccc(OCCCn2c(C(O)CC)nc3ccccc32)cc1. The second-order valence-electron chi connectivity index (χ2n) is 6.23. The van der Waals surface area contributed by atoms with Crippen molar-refractivity contribution in [2.75, 3.05) is 6.61 Å². The van der Waals surface area contributed by atoms with Crippen LogP contribution in [0.25, 0.3) is 11.0 Å². The van der Waals surface area contributed by atoms with Gasteiger partial charge in [0.05, 0.1) is 17.6 Å². The maximum Gasteiger partial charge on any atom is 0.138 e. The molecule has 0 spiro atoms. The molecule has 3 rings (SSSR count). The van der Waals surface area contributed by atoms with Crippen molar-refractivity contribution in [2.24, 2.45) is 0 Å². The maximum absolute atomic E-state index is 10.3. The van der Waals surface area contributed by atoms with E-state index in [1.165, 1.54) is 5.56 Å². The first kappa shape index (κ1) is 17.5. The van der Waals surface area contributed by atoms with Crippen molar-refractivity contribution in [1.29, 1.82) is 0 Å². The van der Waals surface area contributed by atoms with Crippen LogP contribution in [0.4, 0.5) is 0 Å². The second-order valence-corrected chi connectivity index (χ2v) is 6.23. The molecule has 0 aliphatic rings. The monoisotopic (exact) mass is 338 g/mol. The van der Waals surface area contributed by atoms with E-state index in [1.54, 1.807) is 0 Å². The zero-order chi connectivity index (χ0) is 17.6. The van der Waals surface area contributed by atoms with Crippen LogP contribution < -0.4 is 4.74 Å². The van der Waals surface area contributed by atoms with Gasteiger partial charge in [0.15, 0.2) is 0 Å². The van der Waals surface area contributed by atoms with Crippen molar-refractivity contribution in [1.82, 2.24) is 9.55 Å². The Balaban J connectivity index is 1.65. The maximum atomic E-state index is 10.3. The normalized spacial score (nSPS) is 12.4. The Morgan fingerprint density at radius 2 is 1.84 bits per heavy atom. The summed E-state index contributed by atoms with van der Waals surface area (Å²) < 4.78 is 7.96. The van der Waals surface area contributed by atoms with Gasteiger partial charge >= 0.3 is 0 Å². The van der Waals surface area contributed by atoms with Crippen LogP contribution in [0.2, 0.25) is 0 Å². The molecular weight excluding hydrogens is 312 g/mol. The minimum Gasteiger partial charge on any atom is -0.494 e. The molecule has 1 N–H and O–H groups in total. The Kier molecular flexibility index (Phi) is 5.71. The number of imidazole rings is 1. The van der Waals surface area contributed by atoms with Gasteiger partial charge in [0.25, 0.3) is 0 Å². The van der Waals surface area contributed by atoms with Crippen LogP contribution in [0.5, 0.6) is 5.75 Å². The smallest absolute Gasteiger partial charge is 0.138 e. The van der Waals surface area contributed by atoms with E-state index in [9.17, 15) is 5.11 Å². The first-order valence-corrected chi connectivity index (χ1v) is 9.08. The van der Waals surface area contributed by atoms with Crippen LogP contribution in [0, 0.1) is 0 Å². The summed E-state index contributed by atoms with van der Waals surface area (Å²) in [6.45, 7) is 5.53. The average Bonchev–Trinajstić information content (AvgIpc) is 3.04. The van der Waals surface area contributed by atoms with Crippen molar-refractivity contribution in [3.05, 3.63) is 59.9 Å². The number of para-hydroxylation sites is 2. The highest BCUT2D eigenvalue weighted by Gasteiger charge is 2.16. The Labute approximate surface area is 149 Å². The molecule has 4 heteroatoms. The first-order valence-electron chi connectivity index (χ1n) is 9.08. The number of aliphatic hydroxyl groups excluding tert-OH is 1. The predicted molar refractivity (Wildman–Crippen MR) is 101 cm³/mol. The van der Waals surface area contributed by atoms with Crippen molar-refractivity contribution in [3.8, 4) is 5.75 Å². The van der Waals surface area contributed by atoms with Gasteiger partial charge < -0.3 is 14.4 Å². The Hall–Kier alpha value is -2.33. The molecule has 0 radical (unpaired) electrons. The lowest BCUT2D eigenvalue weighted by molar-refractivity contribution is 0.158. The summed E-state index contributed by atoms with van der Waals surface area (Å²) in [6.07, 6.45) is 2.02. The number of aryl methyl sites for hydroxylation is 2. The Morgan fingerprint density at radius 3 is 2.56 bits per heavy atom. The van der Waals surface area contributed by atoms with E-state index in [1.807, 2.05) is 37.3 Å². The Morgan fingerprint density at radius 1 is 1.08 bits per heavy atom. The second kappa shape index (κ2) is 8.17. The molecule has 1 heterocycles. The summed E-state index contributed by atoms with van der Waals surface area (Å²) in [5.74, 6) is 1.65. The number of nitrogens with zero attached hydrogens (tertiary/aromatic N) is 2. The summed E-state index contributed by atoms with van der Waals surface area (Å²) in [5, 5.41) is 10.3. The van der Waals surface area contributed by atoms with Crippen LogP contribution in [0.15, 0.2) is 48.5 Å². The molecule has 1 unspecified atom stereocenters. The molecule has 3 aromatic rings. The molecule has 0 saturated heterocycles. The topological polar surface area (TPSA) is 47.3 Å². The minimum absolute atomic E-state index is 0.532. The third-order valence-electron chi connectivity index (χ3n) is 4.50. The zero-order valence-corrected chi connectivity index (χ0v) is 15.0. The van der Waals surface area contributed by atoms with Gasteiger partial charge in [-0.05, 0) is 49.1 Å². The van der Waals surface area contributed by atoms with Crippen molar-refractivity contribution in [3.63, 3.8) is 0 Å². The lowest BCUT2D eigenvalue weighted by Gasteiger charge is -2.13. The highest BCUT2D eigenvalue weighted by Crippen LogP contribution is 2.23. The van der Waals surface area contributed by atoms with Gasteiger partial charge in [0.1, 0.15) is 17.7 Å². The minimum atomic E-state index is -0.532. The molecule has 1 atom stereocenters. The van der Waals surface area contributed by atoms with E-state index in [0.29, 0.717) is 13.0 Å². The van der Waals surface area contributed by atoms with Crippen molar-refractivity contribution < 1.29 is 9.84 Å². The van der Waals surface area contributed by atoms with Crippen LogP contribution in [0.3, 0.4) is 0 Å². The van der Waals surface area contributed by atoms with Gasteiger partial charge in [-0.15, -0.1) is 0 Å². The molecule has 0 aliphatic carbocycles. The average molecular weight is 338 g/mol. The van der Waals surface area contributed by atoms with E-state index in [2.05, 4.69) is 34.7 Å². The lowest BCUT2D eigenvalue weighted by atomic mass is 10.2. The summed E-state index contributed by atoms with van der Waals surface area (Å²) in [6, 6.07) is 16.3. The zero-order valence-electron chi connectivity index (χ0n) is 15.0. The molecule has 0 aliphatic heterocycles. The molecular formula is C21H26N2O2. The van der Waals surface area contributed by atoms with E-state index < -0.39 is 6.10 Å². The molecule has 25 heavy (non-hydrogen) atoms. The molecule has 0 fully saturated rings. The standard InChI is InChI=1S/C21H26N2O2/c1-3-16-10-12-17(13-11-16)25-15-7-14-23-19-9-6-5-8-18(19)22-21(23)20(24)4-2/h5-6,8-13,20,24H,3-4,7,14-15H2,1-2H3. The van der Waals surface area contributed by atoms with Crippen LogP contribution in [-0.4, -0.2) is 21.3 Å². The highest BCUT2D eigenvalue weighted by atomic mass is 16.5. The number of ether oxygens (including phenoxy) is 1. The van der Waals surface area contributed by atoms with Crippen molar-refractivity contribution in [2.45, 2.75) is 45.8 Å². The third kappa shape index (κ3) is 4.02. The number of benzene rings is 2. The van der Waals surface area contributed by atoms with Crippen LogP contribution >= 0.6 is 0 Å². The number of aromatic nitrogens is 2. The van der Waals surface area contributed by atoms with Crippen LogP contribution in [0.1, 0.15) is 44.2 Å². The fraction of sp³-hybridized carbons (Fsp3) is 0.381. The predicted octanol–water partition coefficient (Wildman–Crippen LogP) is 4.51. The third-order valence-corrected chi connectivity index (χ3v) is 4.50. The van der Waals surface area contributed by atoms with Gasteiger partial charge in [0, 0.05) is 6.54 Å². The van der Waals surface area contributed by atoms with Gasteiger partial charge in [0.2, 0.25) is 0 Å². The fourth-order valence-corrected chi connectivity index (χ4v) is 3.00. The number of fused-ring (bicyclic) bond motifs is 1. The summed E-state index contributed by atoms with van der Waals surface area (Å²) in [7, 11) is 0. The number of hydrogen-bond donors (Lipinski definition) is 1. The van der Waals surface area contributed by atoms with Crippen LogP contribution in [-0.2, 0) is 13.0 Å². The summed E-state index contributed by atoms with van der Waals surface area (Å²) >= 11 is 0. The van der Waals surface area contributed by atoms with Gasteiger partial charge in [-0.3, -0.25) is 0 Å². The fourth-order valence-electron chi connectivity index (χ4n) is 3.00. The van der Waals surface area contributed by atoms with Crippen molar-refractivity contribution >= 4 is 11.0 Å². The molecule has 1 aromatic heterocycles. The highest BCUT2D eigenvalue weighted by molar-refractivity contribution is 5.76. The quantitative estimate of drug-likeness (QED) is 0.615. The molecule has 4 nitrogen and oxygen atoms in total. The molecule has 2 aromatic carbocycles. The molecule has 0 bridgehead atoms. The number of hydrogen-bond acceptors (Lipinski definition) is 3. The summed E-state index contributed by atoms with van der Waals surface area (Å²) in [5.41, 5.74) is 3.31. The molecule has 0 amide bonds. The van der Waals surface area contributed by atoms with Gasteiger partial charge in [-0.25, -0.2) is 4.98 Å². The van der Waals surface area contributed by atoms with E-state index in [-0.39, 0.29) is 0 Å². The number of rotatable bonds is 8. The van der Waals surface area contributed by atoms with E-state index >= 15 is 0 Å². The lowest BCUT2D eigenvalue weighted by Crippen LogP contribution is -2.11. The first-order chi connectivity index (χ1) is 12.2. The van der Waals surface area contributed by atoms with Gasteiger partial charge in [-0.1, -0.05) is 38.1 Å². The number of aliphatic hydroxyl groups is 1. The Bertz CT molecular complexity index is 808. The van der Waals surface area contributed by atoms with E-state index in [0.717, 1.165) is 42.0 Å². The molecule has 132 valence electrons. The molecule has 0 saturated carbocycles.